The lowest BCUT2D eigenvalue weighted by molar-refractivity contribution is 0.0186. The number of aliphatic hydroxyl groups excluding tert-OH is 1. The molecule has 2 saturated carbocycles. The lowest BCUT2D eigenvalue weighted by atomic mass is 9.65. The van der Waals surface area contributed by atoms with Crippen LogP contribution >= 0.6 is 0 Å². The summed E-state index contributed by atoms with van der Waals surface area (Å²) in [5.74, 6) is 1.92. The maximum Gasteiger partial charge on any atom is 0.0543 e. The highest BCUT2D eigenvalue weighted by Crippen LogP contribution is 2.44. The molecule has 52 valence electrons. The van der Waals surface area contributed by atoms with Crippen molar-refractivity contribution in [3.05, 3.63) is 0 Å². The maximum atomic E-state index is 9.23. The Labute approximate surface area is 56.1 Å². The predicted octanol–water partition coefficient (Wildman–Crippen LogP) is 1.56. The van der Waals surface area contributed by atoms with Crippen LogP contribution in [0.4, 0.5) is 0 Å². The first-order valence-electron chi connectivity index (χ1n) is 4.04. The largest absolute Gasteiger partial charge is 0.393 e. The quantitative estimate of drug-likeness (QED) is 0.522. The highest BCUT2D eigenvalue weighted by Gasteiger charge is 2.35. The lowest BCUT2D eigenvalue weighted by Crippen LogP contribution is -2.34. The molecule has 0 aromatic carbocycles. The molecular formula is C8H14O. The molecule has 0 heterocycles. The van der Waals surface area contributed by atoms with Crippen molar-refractivity contribution in [3.63, 3.8) is 0 Å². The molecule has 0 aromatic rings. The van der Waals surface area contributed by atoms with Crippen LogP contribution in [0.1, 0.15) is 32.1 Å². The van der Waals surface area contributed by atoms with E-state index >= 15 is 0 Å². The second-order valence-corrected chi connectivity index (χ2v) is 3.56. The van der Waals surface area contributed by atoms with Crippen molar-refractivity contribution in [2.24, 2.45) is 11.8 Å². The minimum Gasteiger partial charge on any atom is -0.393 e. The van der Waals surface area contributed by atoms with E-state index in [4.69, 9.17) is 0 Å². The summed E-state index contributed by atoms with van der Waals surface area (Å²) < 4.78 is 0. The molecule has 1 heteroatoms. The molecule has 0 saturated heterocycles. The van der Waals surface area contributed by atoms with Crippen LogP contribution in [0.2, 0.25) is 0 Å². The van der Waals surface area contributed by atoms with Gasteiger partial charge in [0.1, 0.15) is 0 Å². The minimum atomic E-state index is 0.0477. The monoisotopic (exact) mass is 126 g/mol. The molecule has 0 spiro atoms. The van der Waals surface area contributed by atoms with E-state index in [0.717, 1.165) is 24.7 Å². The van der Waals surface area contributed by atoms with Crippen LogP contribution in [0, 0.1) is 11.8 Å². The van der Waals surface area contributed by atoms with E-state index in [0.29, 0.717) is 0 Å². The Kier molecular flexibility index (Phi) is 1.26. The summed E-state index contributed by atoms with van der Waals surface area (Å²) in [5, 5.41) is 9.23. The van der Waals surface area contributed by atoms with E-state index in [9.17, 15) is 5.11 Å². The number of fused-ring (bicyclic) bond motifs is 1. The van der Waals surface area contributed by atoms with Gasteiger partial charge in [-0.15, -0.1) is 0 Å². The molecule has 3 atom stereocenters. The molecular weight excluding hydrogens is 112 g/mol. The van der Waals surface area contributed by atoms with E-state index in [2.05, 4.69) is 0 Å². The van der Waals surface area contributed by atoms with Gasteiger partial charge >= 0.3 is 0 Å². The molecule has 2 aliphatic carbocycles. The number of aliphatic hydroxyl groups is 1. The van der Waals surface area contributed by atoms with E-state index in [1.165, 1.54) is 19.3 Å². The average molecular weight is 126 g/mol. The van der Waals surface area contributed by atoms with Gasteiger partial charge in [-0.05, 0) is 43.9 Å². The molecule has 1 nitrogen and oxygen atoms in total. The van der Waals surface area contributed by atoms with Gasteiger partial charge in [-0.3, -0.25) is 0 Å². The zero-order chi connectivity index (χ0) is 6.27. The fourth-order valence-corrected chi connectivity index (χ4v) is 2.20. The average Bonchev–Trinajstić information content (AvgIpc) is 1.78. The third-order valence-electron chi connectivity index (χ3n) is 3.02. The van der Waals surface area contributed by atoms with Gasteiger partial charge in [0.05, 0.1) is 6.10 Å². The number of hydrogen-bond donors (Lipinski definition) is 1. The first-order chi connectivity index (χ1) is 4.36. The third-order valence-corrected chi connectivity index (χ3v) is 3.02. The third kappa shape index (κ3) is 0.877. The SMILES string of the molecule is O[C@@H]1CC[C@@H]2CC[C@@H]2C1. The van der Waals surface area contributed by atoms with Crippen molar-refractivity contribution >= 4 is 0 Å². The molecule has 2 fully saturated rings. The Morgan fingerprint density at radius 3 is 2.00 bits per heavy atom. The first kappa shape index (κ1) is 5.72. The van der Waals surface area contributed by atoms with Crippen molar-refractivity contribution in [1.82, 2.24) is 0 Å². The number of hydrogen-bond acceptors (Lipinski definition) is 1. The molecule has 2 rings (SSSR count). The Balaban J connectivity index is 1.92. The van der Waals surface area contributed by atoms with Gasteiger partial charge in [0.2, 0.25) is 0 Å². The molecule has 0 unspecified atom stereocenters. The molecule has 2 aliphatic rings. The maximum absolute atomic E-state index is 9.23. The van der Waals surface area contributed by atoms with Crippen LogP contribution in [0.15, 0.2) is 0 Å². The van der Waals surface area contributed by atoms with E-state index in [1.54, 1.807) is 0 Å². The summed E-state index contributed by atoms with van der Waals surface area (Å²) in [6, 6.07) is 0. The highest BCUT2D eigenvalue weighted by molar-refractivity contribution is 4.87. The minimum absolute atomic E-state index is 0.0477. The van der Waals surface area contributed by atoms with Gasteiger partial charge in [-0.1, -0.05) is 0 Å². The second kappa shape index (κ2) is 1.98. The van der Waals surface area contributed by atoms with Gasteiger partial charge in [0.15, 0.2) is 0 Å². The molecule has 0 aliphatic heterocycles. The van der Waals surface area contributed by atoms with Gasteiger partial charge in [-0.25, -0.2) is 0 Å². The molecule has 9 heavy (non-hydrogen) atoms. The normalized spacial score (nSPS) is 49.7. The van der Waals surface area contributed by atoms with Gasteiger partial charge in [0.25, 0.3) is 0 Å². The van der Waals surface area contributed by atoms with Crippen LogP contribution in [-0.2, 0) is 0 Å². The first-order valence-corrected chi connectivity index (χ1v) is 4.04. The Morgan fingerprint density at radius 2 is 1.56 bits per heavy atom. The Morgan fingerprint density at radius 1 is 0.889 bits per heavy atom. The standard InChI is InChI=1S/C8H14O/c9-8-4-3-6-1-2-7(6)5-8/h6-9H,1-5H2/t6-,7+,8+/m0/s1. The predicted molar refractivity (Wildman–Crippen MR) is 36.1 cm³/mol. The highest BCUT2D eigenvalue weighted by atomic mass is 16.3. The van der Waals surface area contributed by atoms with Crippen LogP contribution in [0.3, 0.4) is 0 Å². The zero-order valence-corrected chi connectivity index (χ0v) is 5.71. The van der Waals surface area contributed by atoms with Crippen LogP contribution < -0.4 is 0 Å². The summed E-state index contributed by atoms with van der Waals surface area (Å²) in [5.41, 5.74) is 0. The summed E-state index contributed by atoms with van der Waals surface area (Å²) in [7, 11) is 0. The van der Waals surface area contributed by atoms with E-state index < -0.39 is 0 Å². The molecule has 1 N–H and O–H groups in total. The van der Waals surface area contributed by atoms with Crippen LogP contribution in [-0.4, -0.2) is 11.2 Å². The van der Waals surface area contributed by atoms with E-state index in [1.807, 2.05) is 0 Å². The van der Waals surface area contributed by atoms with Crippen LogP contribution in [0.25, 0.3) is 0 Å². The topological polar surface area (TPSA) is 20.2 Å². The van der Waals surface area contributed by atoms with Crippen molar-refractivity contribution in [2.75, 3.05) is 0 Å². The second-order valence-electron chi connectivity index (χ2n) is 3.56. The lowest BCUT2D eigenvalue weighted by Gasteiger charge is -2.42. The van der Waals surface area contributed by atoms with Crippen molar-refractivity contribution in [2.45, 2.75) is 38.2 Å². The Hall–Kier alpha value is -0.0400. The van der Waals surface area contributed by atoms with Crippen LogP contribution in [0.5, 0.6) is 0 Å². The van der Waals surface area contributed by atoms with Crippen molar-refractivity contribution in [1.29, 1.82) is 0 Å². The van der Waals surface area contributed by atoms with Crippen molar-refractivity contribution < 1.29 is 5.11 Å². The van der Waals surface area contributed by atoms with Gasteiger partial charge in [0, 0.05) is 0 Å². The zero-order valence-electron chi connectivity index (χ0n) is 5.71. The summed E-state index contributed by atoms with van der Waals surface area (Å²) in [6.45, 7) is 0. The fourth-order valence-electron chi connectivity index (χ4n) is 2.20. The smallest absolute Gasteiger partial charge is 0.0543 e. The molecule has 0 radical (unpaired) electrons. The molecule has 0 aromatic heterocycles. The van der Waals surface area contributed by atoms with E-state index in [-0.39, 0.29) is 6.10 Å². The van der Waals surface area contributed by atoms with Crippen molar-refractivity contribution in [3.8, 4) is 0 Å². The molecule has 0 amide bonds. The fraction of sp³-hybridized carbons (Fsp3) is 1.00. The Bertz CT molecular complexity index is 111. The van der Waals surface area contributed by atoms with Gasteiger partial charge < -0.3 is 5.11 Å². The summed E-state index contributed by atoms with van der Waals surface area (Å²) in [6.07, 6.45) is 6.35. The molecule has 0 bridgehead atoms. The van der Waals surface area contributed by atoms with Gasteiger partial charge in [-0.2, -0.15) is 0 Å². The number of rotatable bonds is 0. The summed E-state index contributed by atoms with van der Waals surface area (Å²) in [4.78, 5) is 0. The summed E-state index contributed by atoms with van der Waals surface area (Å²) >= 11 is 0.